The molecule has 0 N–H and O–H groups in total. The number of allylic oxidation sites excluding steroid dienone is 1. The van der Waals surface area contributed by atoms with Crippen molar-refractivity contribution in [1.29, 1.82) is 10.5 Å². The van der Waals surface area contributed by atoms with E-state index in [1.807, 2.05) is 17.5 Å². The molecule has 0 saturated carbocycles. The summed E-state index contributed by atoms with van der Waals surface area (Å²) in [6, 6.07) is 11.7. The Balaban J connectivity index is 2.83. The summed E-state index contributed by atoms with van der Waals surface area (Å²) in [5.74, 6) is 0. The van der Waals surface area contributed by atoms with Gasteiger partial charge in [0, 0.05) is 10.1 Å². The highest BCUT2D eigenvalue weighted by molar-refractivity contribution is 8.02. The SMILES string of the molecule is C[Si](C)(C)/C(C#N)=C\Sc1ccc(C#N)cc1. The first-order chi connectivity index (χ1) is 7.97. The fraction of sp³-hybridized carbons (Fsp3) is 0.231. The third-order valence-electron chi connectivity index (χ3n) is 2.22. The van der Waals surface area contributed by atoms with E-state index in [-0.39, 0.29) is 0 Å². The molecule has 0 amide bonds. The van der Waals surface area contributed by atoms with E-state index in [2.05, 4.69) is 31.8 Å². The molecule has 0 radical (unpaired) electrons. The maximum absolute atomic E-state index is 9.08. The minimum Gasteiger partial charge on any atom is -0.193 e. The summed E-state index contributed by atoms with van der Waals surface area (Å²) >= 11 is 1.54. The van der Waals surface area contributed by atoms with Crippen LogP contribution in [0.2, 0.25) is 19.6 Å². The third kappa shape index (κ3) is 4.11. The standard InChI is InChI=1S/C13H14N2SSi/c1-17(2,3)13(9-15)10-16-12-6-4-11(8-14)5-7-12/h4-7,10H,1-3H3/b13-10-. The maximum Gasteiger partial charge on any atom is 0.0991 e. The van der Waals surface area contributed by atoms with Gasteiger partial charge in [-0.15, -0.1) is 0 Å². The lowest BCUT2D eigenvalue weighted by atomic mass is 10.2. The smallest absolute Gasteiger partial charge is 0.0991 e. The topological polar surface area (TPSA) is 47.6 Å². The molecule has 0 saturated heterocycles. The Labute approximate surface area is 108 Å². The van der Waals surface area contributed by atoms with Crippen molar-refractivity contribution in [2.75, 3.05) is 0 Å². The normalized spacial score (nSPS) is 11.7. The first-order valence-corrected chi connectivity index (χ1v) is 9.63. The molecule has 1 aromatic carbocycles. The molecule has 1 rings (SSSR count). The van der Waals surface area contributed by atoms with Gasteiger partial charge in [0.25, 0.3) is 0 Å². The number of rotatable bonds is 3. The second kappa shape index (κ2) is 5.72. The lowest BCUT2D eigenvalue weighted by Crippen LogP contribution is -2.22. The van der Waals surface area contributed by atoms with Crippen LogP contribution in [0.5, 0.6) is 0 Å². The average molecular weight is 258 g/mol. The molecule has 86 valence electrons. The number of benzene rings is 1. The molecule has 0 unspecified atom stereocenters. The van der Waals surface area contributed by atoms with Crippen molar-refractivity contribution in [2.24, 2.45) is 0 Å². The molecule has 17 heavy (non-hydrogen) atoms. The van der Waals surface area contributed by atoms with Crippen molar-refractivity contribution >= 4 is 19.8 Å². The Morgan fingerprint density at radius 1 is 1.18 bits per heavy atom. The largest absolute Gasteiger partial charge is 0.193 e. The van der Waals surface area contributed by atoms with Gasteiger partial charge >= 0.3 is 0 Å². The van der Waals surface area contributed by atoms with E-state index in [1.165, 1.54) is 11.8 Å². The van der Waals surface area contributed by atoms with E-state index < -0.39 is 8.07 Å². The summed E-state index contributed by atoms with van der Waals surface area (Å²) < 4.78 is 0. The van der Waals surface area contributed by atoms with Gasteiger partial charge in [-0.1, -0.05) is 31.4 Å². The van der Waals surface area contributed by atoms with Gasteiger partial charge < -0.3 is 0 Å². The summed E-state index contributed by atoms with van der Waals surface area (Å²) in [6.45, 7) is 6.46. The highest BCUT2D eigenvalue weighted by Crippen LogP contribution is 2.24. The van der Waals surface area contributed by atoms with Crippen LogP contribution in [-0.2, 0) is 0 Å². The van der Waals surface area contributed by atoms with Gasteiger partial charge in [-0.2, -0.15) is 10.5 Å². The highest BCUT2D eigenvalue weighted by Gasteiger charge is 2.19. The number of nitrogens with zero attached hydrogens (tertiary/aromatic N) is 2. The molecule has 0 fully saturated rings. The molecule has 0 spiro atoms. The Kier molecular flexibility index (Phi) is 4.57. The van der Waals surface area contributed by atoms with Crippen LogP contribution in [-0.4, -0.2) is 8.07 Å². The third-order valence-corrected chi connectivity index (χ3v) is 5.20. The van der Waals surface area contributed by atoms with Gasteiger partial charge in [-0.25, -0.2) is 0 Å². The molecule has 0 atom stereocenters. The lowest BCUT2D eigenvalue weighted by molar-refractivity contribution is 1.42. The zero-order valence-corrected chi connectivity index (χ0v) is 12.0. The van der Waals surface area contributed by atoms with E-state index in [9.17, 15) is 0 Å². The molecule has 0 aromatic heterocycles. The van der Waals surface area contributed by atoms with Crippen molar-refractivity contribution in [3.63, 3.8) is 0 Å². The van der Waals surface area contributed by atoms with Gasteiger partial charge in [0.15, 0.2) is 0 Å². The second-order valence-electron chi connectivity index (χ2n) is 4.65. The quantitative estimate of drug-likeness (QED) is 0.469. The van der Waals surface area contributed by atoms with Crippen LogP contribution in [0.1, 0.15) is 5.56 Å². The summed E-state index contributed by atoms with van der Waals surface area (Å²) in [5, 5.41) is 20.6. The van der Waals surface area contributed by atoms with Crippen LogP contribution in [0, 0.1) is 22.7 Å². The molecule has 2 nitrogen and oxygen atoms in total. The molecule has 0 bridgehead atoms. The predicted molar refractivity (Wildman–Crippen MR) is 74.1 cm³/mol. The zero-order chi connectivity index (χ0) is 12.9. The summed E-state index contributed by atoms with van der Waals surface area (Å²) in [6.07, 6.45) is 0. The fourth-order valence-electron chi connectivity index (χ4n) is 1.11. The fourth-order valence-corrected chi connectivity index (χ4v) is 3.63. The Morgan fingerprint density at radius 2 is 1.76 bits per heavy atom. The number of thioether (sulfide) groups is 1. The monoisotopic (exact) mass is 258 g/mol. The number of hydrogen-bond acceptors (Lipinski definition) is 3. The minimum absolute atomic E-state index is 0.657. The number of nitriles is 2. The van der Waals surface area contributed by atoms with Crippen molar-refractivity contribution in [1.82, 2.24) is 0 Å². The second-order valence-corrected chi connectivity index (χ2v) is 10.6. The first kappa shape index (κ1) is 13.6. The molecular formula is C13H14N2SSi. The van der Waals surface area contributed by atoms with Gasteiger partial charge in [-0.05, 0) is 29.7 Å². The van der Waals surface area contributed by atoms with E-state index in [4.69, 9.17) is 10.5 Å². The van der Waals surface area contributed by atoms with Crippen LogP contribution < -0.4 is 0 Å². The summed E-state index contributed by atoms with van der Waals surface area (Å²) in [7, 11) is -1.53. The minimum atomic E-state index is -1.53. The van der Waals surface area contributed by atoms with Crippen LogP contribution in [0.3, 0.4) is 0 Å². The van der Waals surface area contributed by atoms with Crippen LogP contribution in [0.25, 0.3) is 0 Å². The Morgan fingerprint density at radius 3 is 2.18 bits per heavy atom. The van der Waals surface area contributed by atoms with E-state index >= 15 is 0 Å². The Bertz CT molecular complexity index is 498. The van der Waals surface area contributed by atoms with Crippen LogP contribution in [0.15, 0.2) is 39.8 Å². The Hall–Kier alpha value is -1.49. The van der Waals surface area contributed by atoms with Gasteiger partial charge in [-0.3, -0.25) is 0 Å². The predicted octanol–water partition coefficient (Wildman–Crippen LogP) is 3.94. The van der Waals surface area contributed by atoms with Gasteiger partial charge in [0.2, 0.25) is 0 Å². The molecule has 4 heteroatoms. The summed E-state index contributed by atoms with van der Waals surface area (Å²) in [5.41, 5.74) is 0.657. The van der Waals surface area contributed by atoms with Crippen LogP contribution >= 0.6 is 11.8 Å². The van der Waals surface area contributed by atoms with Crippen molar-refractivity contribution in [2.45, 2.75) is 24.5 Å². The van der Waals surface area contributed by atoms with Gasteiger partial charge in [0.05, 0.1) is 25.8 Å². The molecule has 0 aliphatic rings. The lowest BCUT2D eigenvalue weighted by Gasteiger charge is -2.13. The highest BCUT2D eigenvalue weighted by atomic mass is 32.2. The van der Waals surface area contributed by atoms with Crippen molar-refractivity contribution in [3.05, 3.63) is 40.4 Å². The first-order valence-electron chi connectivity index (χ1n) is 5.25. The van der Waals surface area contributed by atoms with E-state index in [1.54, 1.807) is 12.1 Å². The van der Waals surface area contributed by atoms with Crippen LogP contribution in [0.4, 0.5) is 0 Å². The van der Waals surface area contributed by atoms with Crippen molar-refractivity contribution < 1.29 is 0 Å². The van der Waals surface area contributed by atoms with Crippen molar-refractivity contribution in [3.8, 4) is 12.1 Å². The summed E-state index contributed by atoms with van der Waals surface area (Å²) in [4.78, 5) is 1.05. The van der Waals surface area contributed by atoms with E-state index in [0.717, 1.165) is 10.1 Å². The average Bonchev–Trinajstić information content (AvgIpc) is 2.29. The van der Waals surface area contributed by atoms with E-state index in [0.29, 0.717) is 5.56 Å². The molecule has 0 aliphatic carbocycles. The molecule has 1 aromatic rings. The maximum atomic E-state index is 9.08. The zero-order valence-electron chi connectivity index (χ0n) is 10.2. The molecule has 0 aliphatic heterocycles. The molecular weight excluding hydrogens is 244 g/mol. The molecule has 0 heterocycles. The number of hydrogen-bond donors (Lipinski definition) is 0. The van der Waals surface area contributed by atoms with Gasteiger partial charge in [0.1, 0.15) is 0 Å².